The molecule has 2 aromatic rings. The molecular formula is C10H10N4O2S2. The van der Waals surface area contributed by atoms with Crippen LogP contribution in [0.15, 0.2) is 33.1 Å². The number of hydrogen-bond donors (Lipinski definition) is 1. The molecule has 0 aliphatic carbocycles. The van der Waals surface area contributed by atoms with E-state index in [2.05, 4.69) is 15.5 Å². The van der Waals surface area contributed by atoms with Gasteiger partial charge in [0.2, 0.25) is 5.16 Å². The summed E-state index contributed by atoms with van der Waals surface area (Å²) in [6.45, 7) is 0. The highest BCUT2D eigenvalue weighted by Crippen LogP contribution is 2.33. The first-order valence-corrected chi connectivity index (χ1v) is 6.98. The zero-order valence-electron chi connectivity index (χ0n) is 9.69. The Hall–Kier alpha value is -1.54. The first-order valence-electron chi connectivity index (χ1n) is 4.94. The smallest absolute Gasteiger partial charge is 0.337 e. The molecular weight excluding hydrogens is 272 g/mol. The maximum atomic E-state index is 11.3. The lowest BCUT2D eigenvalue weighted by Gasteiger charge is -2.08. The summed E-state index contributed by atoms with van der Waals surface area (Å²) in [5, 5.41) is 20.9. The second-order valence-corrected chi connectivity index (χ2v) is 5.18. The molecule has 0 atom stereocenters. The van der Waals surface area contributed by atoms with Crippen LogP contribution in [0.25, 0.3) is 0 Å². The summed E-state index contributed by atoms with van der Waals surface area (Å²) < 4.78 is 1.50. The number of carboxylic acids is 1. The van der Waals surface area contributed by atoms with Gasteiger partial charge in [-0.1, -0.05) is 6.07 Å². The largest absolute Gasteiger partial charge is 0.478 e. The fraction of sp³-hybridized carbons (Fsp3) is 0.200. The predicted molar refractivity (Wildman–Crippen MR) is 68.1 cm³/mol. The second-order valence-electron chi connectivity index (χ2n) is 3.33. The fourth-order valence-electron chi connectivity index (χ4n) is 1.38. The fourth-order valence-corrected chi connectivity index (χ4v) is 2.95. The first kappa shape index (κ1) is 12.9. The van der Waals surface area contributed by atoms with Crippen molar-refractivity contribution in [1.82, 2.24) is 20.2 Å². The first-order chi connectivity index (χ1) is 8.63. The molecule has 0 amide bonds. The van der Waals surface area contributed by atoms with Crippen LogP contribution in [0.4, 0.5) is 0 Å². The summed E-state index contributed by atoms with van der Waals surface area (Å²) in [5.41, 5.74) is 0.290. The third-order valence-corrected chi connectivity index (χ3v) is 4.07. The molecule has 1 aromatic heterocycles. The van der Waals surface area contributed by atoms with E-state index in [-0.39, 0.29) is 5.56 Å². The van der Waals surface area contributed by atoms with E-state index in [1.54, 1.807) is 19.2 Å². The third kappa shape index (κ3) is 2.49. The summed E-state index contributed by atoms with van der Waals surface area (Å²) in [6.07, 6.45) is 1.85. The van der Waals surface area contributed by atoms with Crippen LogP contribution in [-0.4, -0.2) is 37.5 Å². The number of carbonyl (C=O) groups is 1. The Morgan fingerprint density at radius 3 is 2.67 bits per heavy atom. The van der Waals surface area contributed by atoms with Gasteiger partial charge in [-0.2, -0.15) is 0 Å². The monoisotopic (exact) mass is 282 g/mol. The quantitative estimate of drug-likeness (QED) is 0.856. The number of nitrogens with zero attached hydrogens (tertiary/aromatic N) is 4. The standard InChI is InChI=1S/C10H10N4O2S2/c1-14-10(11-12-13-14)18-7-5-3-4-6(17-2)8(7)9(15)16/h3-5H,1-2H3,(H,15,16). The van der Waals surface area contributed by atoms with E-state index >= 15 is 0 Å². The van der Waals surface area contributed by atoms with Crippen LogP contribution in [0.1, 0.15) is 10.4 Å². The lowest BCUT2D eigenvalue weighted by Crippen LogP contribution is -2.02. The minimum Gasteiger partial charge on any atom is -0.478 e. The van der Waals surface area contributed by atoms with Gasteiger partial charge >= 0.3 is 5.97 Å². The number of aromatic nitrogens is 4. The van der Waals surface area contributed by atoms with Crippen molar-refractivity contribution < 1.29 is 9.90 Å². The predicted octanol–water partition coefficient (Wildman–Crippen LogP) is 1.78. The minimum atomic E-state index is -0.947. The van der Waals surface area contributed by atoms with Crippen molar-refractivity contribution in [1.29, 1.82) is 0 Å². The topological polar surface area (TPSA) is 80.9 Å². The maximum absolute atomic E-state index is 11.3. The summed E-state index contributed by atoms with van der Waals surface area (Å²) in [4.78, 5) is 12.7. The Balaban J connectivity index is 2.44. The Kier molecular flexibility index (Phi) is 3.87. The molecule has 0 saturated heterocycles. The highest BCUT2D eigenvalue weighted by molar-refractivity contribution is 7.99. The number of rotatable bonds is 4. The summed E-state index contributed by atoms with van der Waals surface area (Å²) in [5.74, 6) is -0.947. The molecule has 1 N–H and O–H groups in total. The van der Waals surface area contributed by atoms with Gasteiger partial charge in [-0.05, 0) is 40.6 Å². The Morgan fingerprint density at radius 2 is 2.11 bits per heavy atom. The maximum Gasteiger partial charge on any atom is 0.337 e. The second kappa shape index (κ2) is 5.40. The SMILES string of the molecule is CSc1cccc(Sc2nnnn2C)c1C(=O)O. The van der Waals surface area contributed by atoms with Gasteiger partial charge < -0.3 is 5.11 Å². The number of aryl methyl sites for hydroxylation is 1. The van der Waals surface area contributed by atoms with Crippen molar-refractivity contribution in [2.45, 2.75) is 14.9 Å². The van der Waals surface area contributed by atoms with Gasteiger partial charge in [0.1, 0.15) is 0 Å². The summed E-state index contributed by atoms with van der Waals surface area (Å²) in [7, 11) is 1.71. The molecule has 0 bridgehead atoms. The molecule has 0 fully saturated rings. The van der Waals surface area contributed by atoms with Gasteiger partial charge in [0.05, 0.1) is 5.56 Å². The molecule has 0 unspecified atom stereocenters. The van der Waals surface area contributed by atoms with Crippen LogP contribution in [0, 0.1) is 0 Å². The van der Waals surface area contributed by atoms with Gasteiger partial charge in [0.25, 0.3) is 0 Å². The van der Waals surface area contributed by atoms with E-state index in [1.807, 2.05) is 12.3 Å². The molecule has 0 aliphatic rings. The zero-order chi connectivity index (χ0) is 13.1. The number of tetrazole rings is 1. The van der Waals surface area contributed by atoms with Gasteiger partial charge in [-0.3, -0.25) is 0 Å². The minimum absolute atomic E-state index is 0.290. The van der Waals surface area contributed by atoms with Crippen LogP contribution < -0.4 is 0 Å². The highest BCUT2D eigenvalue weighted by atomic mass is 32.2. The van der Waals surface area contributed by atoms with Crippen molar-refractivity contribution in [2.24, 2.45) is 7.05 Å². The molecule has 0 radical (unpaired) electrons. The van der Waals surface area contributed by atoms with Crippen molar-refractivity contribution in [3.8, 4) is 0 Å². The Morgan fingerprint density at radius 1 is 1.39 bits per heavy atom. The van der Waals surface area contributed by atoms with Crippen LogP contribution in [0.3, 0.4) is 0 Å². The van der Waals surface area contributed by atoms with Gasteiger partial charge in [-0.25, -0.2) is 9.48 Å². The van der Waals surface area contributed by atoms with Crippen molar-refractivity contribution in [2.75, 3.05) is 6.26 Å². The average molecular weight is 282 g/mol. The molecule has 94 valence electrons. The molecule has 1 heterocycles. The average Bonchev–Trinajstić information content (AvgIpc) is 2.74. The van der Waals surface area contributed by atoms with Crippen molar-refractivity contribution in [3.05, 3.63) is 23.8 Å². The van der Waals surface area contributed by atoms with Gasteiger partial charge in [0, 0.05) is 16.8 Å². The Bertz CT molecular complexity index is 585. The number of benzene rings is 1. The molecule has 0 aliphatic heterocycles. The molecule has 0 spiro atoms. The lowest BCUT2D eigenvalue weighted by atomic mass is 10.2. The molecule has 6 nitrogen and oxygen atoms in total. The molecule has 18 heavy (non-hydrogen) atoms. The molecule has 8 heteroatoms. The van der Waals surface area contributed by atoms with Crippen LogP contribution >= 0.6 is 23.5 Å². The van der Waals surface area contributed by atoms with Crippen LogP contribution in [0.5, 0.6) is 0 Å². The van der Waals surface area contributed by atoms with Crippen LogP contribution in [0.2, 0.25) is 0 Å². The highest BCUT2D eigenvalue weighted by Gasteiger charge is 2.17. The number of thioether (sulfide) groups is 1. The van der Waals surface area contributed by atoms with Crippen molar-refractivity contribution in [3.63, 3.8) is 0 Å². The number of hydrogen-bond acceptors (Lipinski definition) is 6. The number of carboxylic acid groups (broad SMARTS) is 1. The van der Waals surface area contributed by atoms with E-state index in [0.29, 0.717) is 10.1 Å². The van der Waals surface area contributed by atoms with E-state index < -0.39 is 5.97 Å². The van der Waals surface area contributed by atoms with E-state index in [4.69, 9.17) is 0 Å². The zero-order valence-corrected chi connectivity index (χ0v) is 11.3. The van der Waals surface area contributed by atoms with E-state index in [1.165, 1.54) is 28.2 Å². The molecule has 1 aromatic carbocycles. The van der Waals surface area contributed by atoms with E-state index in [9.17, 15) is 9.90 Å². The van der Waals surface area contributed by atoms with Gasteiger partial charge in [-0.15, -0.1) is 16.9 Å². The summed E-state index contributed by atoms with van der Waals surface area (Å²) in [6, 6.07) is 5.36. The molecule has 0 saturated carbocycles. The normalized spacial score (nSPS) is 10.6. The lowest BCUT2D eigenvalue weighted by molar-refractivity contribution is 0.0689. The Labute approximate surface area is 112 Å². The molecule has 2 rings (SSSR count). The van der Waals surface area contributed by atoms with E-state index in [0.717, 1.165) is 4.90 Å². The summed E-state index contributed by atoms with van der Waals surface area (Å²) >= 11 is 2.64. The van der Waals surface area contributed by atoms with Gasteiger partial charge in [0.15, 0.2) is 0 Å². The van der Waals surface area contributed by atoms with Crippen LogP contribution in [-0.2, 0) is 7.05 Å². The van der Waals surface area contributed by atoms with Crippen molar-refractivity contribution >= 4 is 29.5 Å². The third-order valence-electron chi connectivity index (χ3n) is 2.20. The number of aromatic carboxylic acids is 1.